The van der Waals surface area contributed by atoms with Crippen LogP contribution in [0.2, 0.25) is 0 Å². The zero-order chi connectivity index (χ0) is 18.4. The van der Waals surface area contributed by atoms with Gasteiger partial charge in [0.15, 0.2) is 0 Å². The Morgan fingerprint density at radius 3 is 2.64 bits per heavy atom. The highest BCUT2D eigenvalue weighted by Crippen LogP contribution is 2.19. The number of pyridine rings is 1. The first-order chi connectivity index (χ1) is 12.7. The number of carbonyl (C=O) groups excluding carboxylic acids is 2. The van der Waals surface area contributed by atoms with Crippen molar-refractivity contribution in [1.82, 2.24) is 10.3 Å². The molecule has 0 spiro atoms. The quantitative estimate of drug-likeness (QED) is 0.656. The van der Waals surface area contributed by atoms with Crippen molar-refractivity contribution in [3.8, 4) is 0 Å². The molecule has 1 aromatic carbocycles. The fraction of sp³-hybridized carbons (Fsp3) is 0.316. The number of nitrogens with one attached hydrogen (secondary N) is 2. The Balaban J connectivity index is 0.00000196. The van der Waals surface area contributed by atoms with Crippen molar-refractivity contribution in [2.45, 2.75) is 31.6 Å². The van der Waals surface area contributed by atoms with Crippen LogP contribution in [0.25, 0.3) is 0 Å². The summed E-state index contributed by atoms with van der Waals surface area (Å²) < 4.78 is 5.59. The Hall–Kier alpha value is -2.19. The molecule has 1 aromatic heterocycles. The molecule has 2 atom stereocenters. The maximum Gasteiger partial charge on any atom is 0.274 e. The average Bonchev–Trinajstić information content (AvgIpc) is 3.16. The molecule has 4 N–H and O–H groups in total. The van der Waals surface area contributed by atoms with Crippen LogP contribution in [0.3, 0.4) is 0 Å². The number of anilines is 1. The molecule has 2 aromatic rings. The van der Waals surface area contributed by atoms with Crippen LogP contribution in [-0.2, 0) is 16.1 Å². The minimum Gasteiger partial charge on any atom is -0.364 e. The van der Waals surface area contributed by atoms with E-state index in [1.54, 1.807) is 30.5 Å². The van der Waals surface area contributed by atoms with Gasteiger partial charge in [-0.05, 0) is 42.7 Å². The number of benzene rings is 1. The zero-order valence-electron chi connectivity index (χ0n) is 15.2. The fourth-order valence-corrected chi connectivity index (χ4v) is 2.83. The molecular formula is C19H24Cl2N4O3. The number of hydrogen-bond donors (Lipinski definition) is 3. The molecule has 0 unspecified atom stereocenters. The number of amides is 2. The smallest absolute Gasteiger partial charge is 0.274 e. The number of nitrogens with two attached hydrogens (primary N) is 1. The van der Waals surface area contributed by atoms with Crippen LogP contribution in [0.1, 0.15) is 28.9 Å². The van der Waals surface area contributed by atoms with Crippen LogP contribution in [0.5, 0.6) is 0 Å². The number of ether oxygens (including phenoxy) is 1. The van der Waals surface area contributed by atoms with Crippen LogP contribution < -0.4 is 16.4 Å². The van der Waals surface area contributed by atoms with Gasteiger partial charge in [-0.2, -0.15) is 0 Å². The topological polar surface area (TPSA) is 106 Å². The van der Waals surface area contributed by atoms with Gasteiger partial charge in [0, 0.05) is 25.0 Å². The molecule has 28 heavy (non-hydrogen) atoms. The third kappa shape index (κ3) is 6.45. The van der Waals surface area contributed by atoms with Gasteiger partial charge in [0.25, 0.3) is 5.91 Å². The van der Waals surface area contributed by atoms with Crippen molar-refractivity contribution < 1.29 is 14.3 Å². The Bertz CT molecular complexity index is 777. The predicted octanol–water partition coefficient (Wildman–Crippen LogP) is 2.30. The molecular weight excluding hydrogens is 403 g/mol. The van der Waals surface area contributed by atoms with Crippen molar-refractivity contribution in [2.75, 3.05) is 11.9 Å². The first-order valence-electron chi connectivity index (χ1n) is 8.60. The molecule has 0 radical (unpaired) electrons. The molecule has 9 heteroatoms. The number of carbonyl (C=O) groups is 2. The summed E-state index contributed by atoms with van der Waals surface area (Å²) in [5.41, 5.74) is 7.44. The van der Waals surface area contributed by atoms with Crippen molar-refractivity contribution in [3.05, 3.63) is 59.9 Å². The summed E-state index contributed by atoms with van der Waals surface area (Å²) in [5.74, 6) is -0.414. The number of aromatic nitrogens is 1. The van der Waals surface area contributed by atoms with E-state index in [1.807, 2.05) is 18.2 Å². The highest BCUT2D eigenvalue weighted by molar-refractivity contribution is 6.02. The molecule has 0 aliphatic carbocycles. The van der Waals surface area contributed by atoms with E-state index >= 15 is 0 Å². The molecule has 1 fully saturated rings. The van der Waals surface area contributed by atoms with Crippen LogP contribution in [0.4, 0.5) is 5.69 Å². The van der Waals surface area contributed by atoms with Gasteiger partial charge in [0.05, 0.1) is 6.10 Å². The fourth-order valence-electron chi connectivity index (χ4n) is 2.83. The Kier molecular flexibility index (Phi) is 9.89. The van der Waals surface area contributed by atoms with E-state index in [0.29, 0.717) is 30.9 Å². The van der Waals surface area contributed by atoms with E-state index in [0.717, 1.165) is 12.0 Å². The molecule has 2 amide bonds. The summed E-state index contributed by atoms with van der Waals surface area (Å²) in [6, 6.07) is 12.5. The third-order valence-corrected chi connectivity index (χ3v) is 4.21. The zero-order valence-corrected chi connectivity index (χ0v) is 16.8. The first kappa shape index (κ1) is 23.8. The minimum atomic E-state index is -0.435. The van der Waals surface area contributed by atoms with E-state index < -0.39 is 6.10 Å². The third-order valence-electron chi connectivity index (χ3n) is 4.21. The predicted molar refractivity (Wildman–Crippen MR) is 112 cm³/mol. The van der Waals surface area contributed by atoms with Gasteiger partial charge >= 0.3 is 0 Å². The normalized spacial score (nSPS) is 17.8. The maximum absolute atomic E-state index is 12.2. The van der Waals surface area contributed by atoms with Gasteiger partial charge < -0.3 is 21.1 Å². The number of rotatable bonds is 6. The summed E-state index contributed by atoms with van der Waals surface area (Å²) in [7, 11) is 0. The lowest BCUT2D eigenvalue weighted by Crippen LogP contribution is -2.35. The largest absolute Gasteiger partial charge is 0.364 e. The second-order valence-corrected chi connectivity index (χ2v) is 6.15. The lowest BCUT2D eigenvalue weighted by molar-refractivity contribution is -0.132. The maximum atomic E-state index is 12.2. The van der Waals surface area contributed by atoms with Crippen molar-refractivity contribution in [1.29, 1.82) is 0 Å². The second kappa shape index (κ2) is 11.6. The van der Waals surface area contributed by atoms with Gasteiger partial charge in [0.2, 0.25) is 5.91 Å². The summed E-state index contributed by atoms with van der Waals surface area (Å²) in [6.45, 7) is 0.793. The van der Waals surface area contributed by atoms with Crippen LogP contribution in [0.15, 0.2) is 48.7 Å². The van der Waals surface area contributed by atoms with Crippen LogP contribution >= 0.6 is 24.8 Å². The van der Waals surface area contributed by atoms with Gasteiger partial charge in [0.1, 0.15) is 11.8 Å². The summed E-state index contributed by atoms with van der Waals surface area (Å²) >= 11 is 0. The molecule has 1 saturated heterocycles. The molecule has 0 bridgehead atoms. The van der Waals surface area contributed by atoms with Crippen LogP contribution in [-0.4, -0.2) is 35.6 Å². The van der Waals surface area contributed by atoms with E-state index in [-0.39, 0.29) is 42.7 Å². The molecule has 7 nitrogen and oxygen atoms in total. The van der Waals surface area contributed by atoms with E-state index in [2.05, 4.69) is 15.6 Å². The average molecular weight is 427 g/mol. The van der Waals surface area contributed by atoms with Gasteiger partial charge in [-0.3, -0.25) is 14.6 Å². The number of halogens is 2. The Morgan fingerprint density at radius 1 is 1.14 bits per heavy atom. The Morgan fingerprint density at radius 2 is 1.96 bits per heavy atom. The molecule has 0 saturated carbocycles. The number of nitrogens with zero attached hydrogens (tertiary/aromatic N) is 1. The SMILES string of the molecule is Cl.Cl.NC[C@H]1CC[C@@H](C(=O)NCc2cccc(NC(=O)c3ccccn3)c2)O1. The Labute approximate surface area is 176 Å². The van der Waals surface area contributed by atoms with Gasteiger partial charge in [-0.1, -0.05) is 18.2 Å². The molecule has 1 aliphatic rings. The summed E-state index contributed by atoms with van der Waals surface area (Å²) in [6.07, 6.45) is 2.60. The minimum absolute atomic E-state index is 0. The molecule has 3 rings (SSSR count). The summed E-state index contributed by atoms with van der Waals surface area (Å²) in [4.78, 5) is 28.3. The van der Waals surface area contributed by atoms with Gasteiger partial charge in [-0.25, -0.2) is 0 Å². The monoisotopic (exact) mass is 426 g/mol. The van der Waals surface area contributed by atoms with Crippen molar-refractivity contribution in [3.63, 3.8) is 0 Å². The second-order valence-electron chi connectivity index (χ2n) is 6.15. The highest BCUT2D eigenvalue weighted by Gasteiger charge is 2.29. The standard InChI is InChI=1S/C19H22N4O3.2ClH/c20-11-15-7-8-17(26-15)19(25)22-12-13-4-3-5-14(10-13)23-18(24)16-6-1-2-9-21-16;;/h1-6,9-10,15,17H,7-8,11-12,20H2,(H,22,25)(H,23,24);2*1H/t15-,17+;;/m1../s1. The van der Waals surface area contributed by atoms with E-state index in [9.17, 15) is 9.59 Å². The number of hydrogen-bond acceptors (Lipinski definition) is 5. The van der Waals surface area contributed by atoms with E-state index in [4.69, 9.17) is 10.5 Å². The molecule has 152 valence electrons. The van der Waals surface area contributed by atoms with Crippen molar-refractivity contribution in [2.24, 2.45) is 5.73 Å². The van der Waals surface area contributed by atoms with Gasteiger partial charge in [-0.15, -0.1) is 24.8 Å². The summed E-state index contributed by atoms with van der Waals surface area (Å²) in [5, 5.41) is 5.67. The lowest BCUT2D eigenvalue weighted by Gasteiger charge is -2.13. The molecule has 2 heterocycles. The van der Waals surface area contributed by atoms with Crippen LogP contribution in [0, 0.1) is 0 Å². The van der Waals surface area contributed by atoms with Crippen molar-refractivity contribution >= 4 is 42.3 Å². The first-order valence-corrected chi connectivity index (χ1v) is 8.60. The lowest BCUT2D eigenvalue weighted by atomic mass is 10.1. The highest BCUT2D eigenvalue weighted by atomic mass is 35.5. The molecule has 1 aliphatic heterocycles. The van der Waals surface area contributed by atoms with E-state index in [1.165, 1.54) is 0 Å².